The number of allylic oxidation sites excluding steroid dienone is 1. The largest absolute Gasteiger partial charge is 0.394 e. The first-order chi connectivity index (χ1) is 20.9. The highest BCUT2D eigenvalue weighted by molar-refractivity contribution is 5.20. The van der Waals surface area contributed by atoms with Gasteiger partial charge in [-0.1, -0.05) is 46.3 Å². The Morgan fingerprint density at radius 2 is 1.53 bits per heavy atom. The standard InChI is InChI=1S/C36H62O9/c1-20(18-37)9-8-13-36(7,45-31-30(43)29(42)28(41)23(19-38)44-31)21-10-15-35(6)27(21)22(39)17-25-33(4)14-12-26(40)32(2,3)24(33)11-16-34(25,35)5/h9,21-31,37-43H,8,10-19H2,1-7H3/b20-9+/t21-,22-,23+,24-,25+,26-,27-,28+,29-,30+,31-,33-,34+,35+,36+/m0/s1. The first-order valence-electron chi connectivity index (χ1n) is 17.5. The molecule has 7 N–H and O–H groups in total. The minimum atomic E-state index is -1.54. The van der Waals surface area contributed by atoms with Crippen LogP contribution in [-0.4, -0.2) is 97.5 Å². The van der Waals surface area contributed by atoms with E-state index in [2.05, 4.69) is 34.6 Å². The number of fused-ring (bicyclic) bond motifs is 5. The van der Waals surface area contributed by atoms with Crippen molar-refractivity contribution in [1.29, 1.82) is 0 Å². The molecule has 4 saturated carbocycles. The van der Waals surface area contributed by atoms with Gasteiger partial charge >= 0.3 is 0 Å². The van der Waals surface area contributed by atoms with Crippen molar-refractivity contribution >= 4 is 0 Å². The van der Waals surface area contributed by atoms with Gasteiger partial charge in [0.15, 0.2) is 6.29 Å². The summed E-state index contributed by atoms with van der Waals surface area (Å²) in [5.41, 5.74) is -0.388. The molecule has 5 aliphatic rings. The molecule has 1 saturated heterocycles. The first-order valence-corrected chi connectivity index (χ1v) is 17.5. The van der Waals surface area contributed by atoms with E-state index < -0.39 is 49.0 Å². The van der Waals surface area contributed by atoms with Crippen LogP contribution < -0.4 is 0 Å². The summed E-state index contributed by atoms with van der Waals surface area (Å²) in [5.74, 6) is 0.551. The van der Waals surface area contributed by atoms with Crippen molar-refractivity contribution in [3.63, 3.8) is 0 Å². The van der Waals surface area contributed by atoms with E-state index in [0.717, 1.165) is 44.1 Å². The average Bonchev–Trinajstić information content (AvgIpc) is 3.37. The van der Waals surface area contributed by atoms with E-state index in [0.29, 0.717) is 31.1 Å². The van der Waals surface area contributed by atoms with Crippen LogP contribution in [0.2, 0.25) is 0 Å². The Bertz CT molecular complexity index is 1090. The van der Waals surface area contributed by atoms with E-state index in [-0.39, 0.29) is 46.2 Å². The van der Waals surface area contributed by atoms with Crippen LogP contribution in [0.4, 0.5) is 0 Å². The zero-order chi connectivity index (χ0) is 33.3. The van der Waals surface area contributed by atoms with Gasteiger partial charge in [0, 0.05) is 0 Å². The molecule has 0 radical (unpaired) electrons. The summed E-state index contributed by atoms with van der Waals surface area (Å²) < 4.78 is 12.6. The minimum Gasteiger partial charge on any atom is -0.394 e. The fraction of sp³-hybridized carbons (Fsp3) is 0.944. The second-order valence-electron chi connectivity index (χ2n) is 17.2. The third-order valence-corrected chi connectivity index (χ3v) is 14.8. The molecule has 0 amide bonds. The van der Waals surface area contributed by atoms with Crippen LogP contribution in [-0.2, 0) is 9.47 Å². The molecule has 0 aromatic heterocycles. The summed E-state index contributed by atoms with van der Waals surface area (Å²) in [7, 11) is 0. The number of hydrogen-bond donors (Lipinski definition) is 7. The third-order valence-electron chi connectivity index (χ3n) is 14.8. The van der Waals surface area contributed by atoms with E-state index in [1.165, 1.54) is 0 Å². The van der Waals surface area contributed by atoms with Crippen LogP contribution in [0.1, 0.15) is 106 Å². The van der Waals surface area contributed by atoms with Crippen LogP contribution in [0.15, 0.2) is 11.6 Å². The van der Waals surface area contributed by atoms with Gasteiger partial charge < -0.3 is 45.2 Å². The Morgan fingerprint density at radius 1 is 0.867 bits per heavy atom. The number of rotatable bonds is 8. The Balaban J connectivity index is 1.49. The van der Waals surface area contributed by atoms with Crippen molar-refractivity contribution in [3.8, 4) is 0 Å². The molecule has 45 heavy (non-hydrogen) atoms. The monoisotopic (exact) mass is 638 g/mol. The lowest BCUT2D eigenvalue weighted by atomic mass is 9.35. The zero-order valence-corrected chi connectivity index (χ0v) is 28.7. The topological polar surface area (TPSA) is 160 Å². The van der Waals surface area contributed by atoms with Gasteiger partial charge in [-0.3, -0.25) is 0 Å². The molecule has 0 bridgehead atoms. The molecule has 1 aliphatic heterocycles. The maximum Gasteiger partial charge on any atom is 0.187 e. The molecule has 5 rings (SSSR count). The smallest absolute Gasteiger partial charge is 0.187 e. The molecule has 1 heterocycles. The second kappa shape index (κ2) is 12.4. The molecule has 9 nitrogen and oxygen atoms in total. The van der Waals surface area contributed by atoms with Crippen molar-refractivity contribution in [1.82, 2.24) is 0 Å². The maximum absolute atomic E-state index is 12.2. The van der Waals surface area contributed by atoms with E-state index >= 15 is 0 Å². The van der Waals surface area contributed by atoms with Crippen LogP contribution in [0, 0.1) is 45.3 Å². The molecular formula is C36H62O9. The normalized spacial score (nSPS) is 51.2. The molecule has 15 atom stereocenters. The van der Waals surface area contributed by atoms with Crippen LogP contribution in [0.25, 0.3) is 0 Å². The lowest BCUT2D eigenvalue weighted by Gasteiger charge is -2.70. The van der Waals surface area contributed by atoms with Crippen LogP contribution >= 0.6 is 0 Å². The van der Waals surface area contributed by atoms with Gasteiger partial charge in [-0.15, -0.1) is 0 Å². The van der Waals surface area contributed by atoms with Crippen molar-refractivity contribution in [2.45, 2.75) is 155 Å². The highest BCUT2D eigenvalue weighted by atomic mass is 16.7. The SMILES string of the molecule is C/C(=C\CC[C@@](C)(O[C@@H]1O[C@H](CO)[C@@H](O)[C@H](O)[C@H]1O)[C@H]1CC[C@]2(C)[C@@H]1[C@@H](O)C[C@@H]1[C@@]3(C)CC[C@H](O)C(C)(C)[C@@H]3CC[C@]12C)CO. The summed E-state index contributed by atoms with van der Waals surface area (Å²) in [5, 5.41) is 74.6. The number of aliphatic hydroxyl groups is 7. The quantitative estimate of drug-likeness (QED) is 0.198. The van der Waals surface area contributed by atoms with Crippen LogP contribution in [0.5, 0.6) is 0 Å². The Kier molecular flexibility index (Phi) is 9.80. The molecule has 0 spiro atoms. The highest BCUT2D eigenvalue weighted by Crippen LogP contribution is 2.76. The van der Waals surface area contributed by atoms with Crippen molar-refractivity contribution in [2.75, 3.05) is 13.2 Å². The first kappa shape index (κ1) is 35.7. The van der Waals surface area contributed by atoms with Gasteiger partial charge in [0.2, 0.25) is 0 Å². The van der Waals surface area contributed by atoms with E-state index in [1.807, 2.05) is 19.9 Å². The van der Waals surface area contributed by atoms with Crippen LogP contribution in [0.3, 0.4) is 0 Å². The van der Waals surface area contributed by atoms with E-state index in [9.17, 15) is 35.7 Å². The van der Waals surface area contributed by atoms with Crippen molar-refractivity contribution in [2.24, 2.45) is 45.3 Å². The van der Waals surface area contributed by atoms with Gasteiger partial charge in [0.25, 0.3) is 0 Å². The van der Waals surface area contributed by atoms with Gasteiger partial charge in [0.05, 0.1) is 31.0 Å². The summed E-state index contributed by atoms with van der Waals surface area (Å²) in [6.07, 6.45) is 1.71. The minimum absolute atomic E-state index is 0.0194. The summed E-state index contributed by atoms with van der Waals surface area (Å²) >= 11 is 0. The number of ether oxygens (including phenoxy) is 2. The lowest BCUT2D eigenvalue weighted by Crippen LogP contribution is -2.67. The molecular weight excluding hydrogens is 576 g/mol. The molecule has 4 aliphatic carbocycles. The predicted molar refractivity (Wildman–Crippen MR) is 170 cm³/mol. The number of hydrogen-bond acceptors (Lipinski definition) is 9. The Labute approximate surface area is 270 Å². The molecule has 0 aromatic rings. The maximum atomic E-state index is 12.2. The van der Waals surface area contributed by atoms with Crippen molar-refractivity contribution < 1.29 is 45.2 Å². The summed E-state index contributed by atoms with van der Waals surface area (Å²) in [6, 6.07) is 0. The summed E-state index contributed by atoms with van der Waals surface area (Å²) in [4.78, 5) is 0. The second-order valence-corrected chi connectivity index (χ2v) is 17.2. The molecule has 9 heteroatoms. The van der Waals surface area contributed by atoms with Gasteiger partial charge in [0.1, 0.15) is 24.4 Å². The molecule has 260 valence electrons. The lowest BCUT2D eigenvalue weighted by molar-refractivity contribution is -0.336. The fourth-order valence-electron chi connectivity index (χ4n) is 11.9. The average molecular weight is 639 g/mol. The van der Waals surface area contributed by atoms with E-state index in [1.54, 1.807) is 0 Å². The molecule has 5 fully saturated rings. The Morgan fingerprint density at radius 3 is 2.18 bits per heavy atom. The van der Waals surface area contributed by atoms with Crippen molar-refractivity contribution in [3.05, 3.63) is 11.6 Å². The van der Waals surface area contributed by atoms with E-state index in [4.69, 9.17) is 9.47 Å². The molecule has 0 unspecified atom stereocenters. The number of aliphatic hydroxyl groups excluding tert-OH is 7. The zero-order valence-electron chi connectivity index (χ0n) is 28.7. The molecule has 0 aromatic carbocycles. The Hall–Kier alpha value is -0.620. The third kappa shape index (κ3) is 5.48. The predicted octanol–water partition coefficient (Wildman–Crippen LogP) is 3.30. The van der Waals surface area contributed by atoms with Gasteiger partial charge in [-0.05, 0) is 117 Å². The van der Waals surface area contributed by atoms with Gasteiger partial charge in [-0.25, -0.2) is 0 Å². The fourth-order valence-corrected chi connectivity index (χ4v) is 11.9. The summed E-state index contributed by atoms with van der Waals surface area (Å²) in [6.45, 7) is 15.0. The van der Waals surface area contributed by atoms with Gasteiger partial charge in [-0.2, -0.15) is 0 Å². The highest BCUT2D eigenvalue weighted by Gasteiger charge is 2.71.